The van der Waals surface area contributed by atoms with E-state index in [1.165, 1.54) is 12.1 Å². The Morgan fingerprint density at radius 1 is 1.03 bits per heavy atom. The number of ether oxygens (including phenoxy) is 2. The molecule has 3 heterocycles. The zero-order chi connectivity index (χ0) is 23.1. The maximum Gasteiger partial charge on any atom is 0.316 e. The molecule has 4 unspecified atom stereocenters. The lowest BCUT2D eigenvalue weighted by Gasteiger charge is -2.37. The Bertz CT molecular complexity index is 989. The van der Waals surface area contributed by atoms with E-state index in [1.807, 2.05) is 6.07 Å². The van der Waals surface area contributed by atoms with Crippen molar-refractivity contribution in [1.29, 1.82) is 0 Å². The van der Waals surface area contributed by atoms with E-state index in [0.29, 0.717) is 62.6 Å². The number of benzene rings is 1. The third-order valence-corrected chi connectivity index (χ3v) is 7.02. The first kappa shape index (κ1) is 22.6. The molecule has 5 rings (SSSR count). The lowest BCUT2D eigenvalue weighted by atomic mass is 9.85. The summed E-state index contributed by atoms with van der Waals surface area (Å²) < 4.78 is 38.8. The number of aliphatic hydroxyl groups excluding tert-OH is 2. The van der Waals surface area contributed by atoms with E-state index >= 15 is 0 Å². The molecule has 0 radical (unpaired) electrons. The average Bonchev–Trinajstić information content (AvgIpc) is 3.42. The van der Waals surface area contributed by atoms with Gasteiger partial charge < -0.3 is 19.7 Å². The van der Waals surface area contributed by atoms with Gasteiger partial charge in [0.05, 0.1) is 32.0 Å². The van der Waals surface area contributed by atoms with Crippen LogP contribution in [-0.2, 0) is 27.5 Å². The molecular weight excluding hydrogens is 434 g/mol. The Hall–Kier alpha value is -2.17. The minimum Gasteiger partial charge on any atom is -0.464 e. The van der Waals surface area contributed by atoms with Gasteiger partial charge in [0.15, 0.2) is 0 Å². The molecule has 4 aliphatic rings. The monoisotopic (exact) mass is 462 g/mol. The molecule has 0 spiro atoms. The number of rotatable bonds is 6. The Balaban J connectivity index is 1.12. The van der Waals surface area contributed by atoms with Crippen LogP contribution in [0.5, 0.6) is 0 Å². The fraction of sp³-hybridized carbons (Fsp3) is 0.542. The van der Waals surface area contributed by atoms with Gasteiger partial charge in [-0.3, -0.25) is 14.6 Å². The molecule has 2 fully saturated rings. The number of β-amino-alcohol motifs (C(OH)–C–C–N with tert-alkyl or cyclic N) is 2. The summed E-state index contributed by atoms with van der Waals surface area (Å²) in [5, 5.41) is 21.3. The number of halogens is 2. The molecule has 0 bridgehead atoms. The molecule has 1 aliphatic carbocycles. The largest absolute Gasteiger partial charge is 0.464 e. The normalized spacial score (nSPS) is 27.5. The van der Waals surface area contributed by atoms with Crippen LogP contribution in [0.15, 0.2) is 35.7 Å². The van der Waals surface area contributed by atoms with Crippen molar-refractivity contribution in [2.75, 3.05) is 45.9 Å². The summed E-state index contributed by atoms with van der Waals surface area (Å²) in [6, 6.07) is 3.21. The van der Waals surface area contributed by atoms with E-state index in [1.54, 1.807) is 6.08 Å². The number of hydrogen-bond acceptors (Lipinski definition) is 7. The van der Waals surface area contributed by atoms with Crippen LogP contribution in [0.25, 0.3) is 0 Å². The minimum atomic E-state index is -0.873. The first-order valence-corrected chi connectivity index (χ1v) is 11.3. The molecular formula is C24H28F2N2O5. The third-order valence-electron chi connectivity index (χ3n) is 7.02. The van der Waals surface area contributed by atoms with Gasteiger partial charge >= 0.3 is 5.97 Å². The second-order valence-electron chi connectivity index (χ2n) is 9.23. The van der Waals surface area contributed by atoms with E-state index in [-0.39, 0.29) is 24.9 Å². The molecule has 0 saturated carbocycles. The van der Waals surface area contributed by atoms with Gasteiger partial charge in [-0.1, -0.05) is 12.1 Å². The minimum absolute atomic E-state index is 0.142. The van der Waals surface area contributed by atoms with Gasteiger partial charge in [-0.05, 0) is 28.8 Å². The second kappa shape index (κ2) is 9.23. The number of esters is 1. The smallest absolute Gasteiger partial charge is 0.316 e. The Labute approximate surface area is 190 Å². The van der Waals surface area contributed by atoms with E-state index in [2.05, 4.69) is 9.80 Å². The number of hydrogen-bond donors (Lipinski definition) is 2. The van der Waals surface area contributed by atoms with Crippen molar-refractivity contribution in [2.45, 2.75) is 25.4 Å². The fourth-order valence-corrected chi connectivity index (χ4v) is 5.07. The van der Waals surface area contributed by atoms with Crippen LogP contribution in [0, 0.1) is 17.7 Å². The van der Waals surface area contributed by atoms with Gasteiger partial charge in [0.25, 0.3) is 0 Å². The summed E-state index contributed by atoms with van der Waals surface area (Å²) in [6.45, 7) is 4.29. The summed E-state index contributed by atoms with van der Waals surface area (Å²) in [5.74, 6) is -2.66. The van der Waals surface area contributed by atoms with Crippen molar-refractivity contribution in [1.82, 2.24) is 9.80 Å². The molecule has 1 aromatic carbocycles. The van der Waals surface area contributed by atoms with Crippen molar-refractivity contribution in [2.24, 2.45) is 11.8 Å². The van der Waals surface area contributed by atoms with Crippen molar-refractivity contribution in [3.05, 3.63) is 58.2 Å². The van der Waals surface area contributed by atoms with E-state index in [4.69, 9.17) is 9.47 Å². The molecule has 3 aliphatic heterocycles. The number of piperazine rings is 1. The number of fused-ring (bicyclic) bond motifs is 2. The molecule has 0 aromatic heterocycles. The van der Waals surface area contributed by atoms with Gasteiger partial charge in [0.1, 0.15) is 17.6 Å². The highest BCUT2D eigenvalue weighted by atomic mass is 19.1. The van der Waals surface area contributed by atoms with Crippen molar-refractivity contribution < 1.29 is 33.3 Å². The molecule has 1 aromatic rings. The summed E-state index contributed by atoms with van der Waals surface area (Å²) >= 11 is 0. The maximum absolute atomic E-state index is 14.3. The quantitative estimate of drug-likeness (QED) is 0.620. The number of carbonyl (C=O) groups is 1. The fourth-order valence-electron chi connectivity index (χ4n) is 5.07. The van der Waals surface area contributed by atoms with Crippen molar-refractivity contribution in [3.63, 3.8) is 0 Å². The van der Waals surface area contributed by atoms with Crippen molar-refractivity contribution >= 4 is 5.97 Å². The number of aliphatic hydroxyl groups is 2. The average molecular weight is 462 g/mol. The summed E-state index contributed by atoms with van der Waals surface area (Å²) in [7, 11) is 0. The topological polar surface area (TPSA) is 82.5 Å². The maximum atomic E-state index is 14.3. The first-order chi connectivity index (χ1) is 15.9. The van der Waals surface area contributed by atoms with E-state index < -0.39 is 29.9 Å². The Kier molecular flexibility index (Phi) is 6.32. The number of carbonyl (C=O) groups excluding carboxylic acids is 1. The van der Waals surface area contributed by atoms with Crippen LogP contribution in [0.3, 0.4) is 0 Å². The highest BCUT2D eigenvalue weighted by Gasteiger charge is 2.42. The van der Waals surface area contributed by atoms with Gasteiger partial charge in [0.2, 0.25) is 0 Å². The standard InChI is InChI=1S/C24H28F2N2O5/c25-19-7-14(5-16-11-32-13-18(16)19)21(29)9-27-1-3-28(4-2-27)10-22(30)15-6-17-12-33-24(31)23(17)20(26)8-15/h5-8,17,21-23,29-30H,1-4,9-13H2. The molecule has 2 N–H and O–H groups in total. The lowest BCUT2D eigenvalue weighted by Crippen LogP contribution is -2.49. The Morgan fingerprint density at radius 3 is 2.45 bits per heavy atom. The first-order valence-electron chi connectivity index (χ1n) is 11.3. The highest BCUT2D eigenvalue weighted by molar-refractivity contribution is 5.78. The van der Waals surface area contributed by atoms with Gasteiger partial charge in [-0.25, -0.2) is 8.78 Å². The highest BCUT2D eigenvalue weighted by Crippen LogP contribution is 2.36. The van der Waals surface area contributed by atoms with Crippen LogP contribution >= 0.6 is 0 Å². The van der Waals surface area contributed by atoms with Crippen LogP contribution < -0.4 is 0 Å². The predicted molar refractivity (Wildman–Crippen MR) is 114 cm³/mol. The molecule has 0 amide bonds. The molecule has 7 nitrogen and oxygen atoms in total. The zero-order valence-corrected chi connectivity index (χ0v) is 18.3. The van der Waals surface area contributed by atoms with Crippen molar-refractivity contribution in [3.8, 4) is 0 Å². The molecule has 33 heavy (non-hydrogen) atoms. The van der Waals surface area contributed by atoms with Crippen LogP contribution in [0.2, 0.25) is 0 Å². The predicted octanol–water partition coefficient (Wildman–Crippen LogP) is 1.45. The van der Waals surface area contributed by atoms with Crippen LogP contribution in [0.1, 0.15) is 22.8 Å². The van der Waals surface area contributed by atoms with Crippen LogP contribution in [-0.4, -0.2) is 78.0 Å². The van der Waals surface area contributed by atoms with Gasteiger partial charge in [-0.15, -0.1) is 0 Å². The molecule has 2 saturated heterocycles. The number of nitrogens with zero attached hydrogens (tertiary/aromatic N) is 2. The number of cyclic esters (lactones) is 1. The third kappa shape index (κ3) is 4.61. The van der Waals surface area contributed by atoms with Gasteiger partial charge in [0, 0.05) is 50.7 Å². The van der Waals surface area contributed by atoms with E-state index in [0.717, 1.165) is 5.56 Å². The molecule has 4 atom stereocenters. The van der Waals surface area contributed by atoms with Crippen LogP contribution in [0.4, 0.5) is 8.78 Å². The van der Waals surface area contributed by atoms with Gasteiger partial charge in [-0.2, -0.15) is 0 Å². The SMILES string of the molecule is O=C1OCC2C=C(C(O)CN3CCN(CC(O)c4cc(F)c5c(c4)COC5)CC3)C=C(F)C12. The second-order valence-corrected chi connectivity index (χ2v) is 9.23. The summed E-state index contributed by atoms with van der Waals surface area (Å²) in [4.78, 5) is 15.8. The summed E-state index contributed by atoms with van der Waals surface area (Å²) in [5.41, 5.74) is 2.40. The summed E-state index contributed by atoms with van der Waals surface area (Å²) in [6.07, 6.45) is 1.34. The lowest BCUT2D eigenvalue weighted by molar-refractivity contribution is -0.140. The Morgan fingerprint density at radius 2 is 1.73 bits per heavy atom. The zero-order valence-electron chi connectivity index (χ0n) is 18.3. The molecule has 178 valence electrons. The molecule has 9 heteroatoms. The van der Waals surface area contributed by atoms with E-state index in [9.17, 15) is 23.8 Å².